The first-order valence-electron chi connectivity index (χ1n) is 5.74. The Balaban J connectivity index is 1.98. The van der Waals surface area contributed by atoms with Gasteiger partial charge in [-0.15, -0.1) is 0 Å². The summed E-state index contributed by atoms with van der Waals surface area (Å²) in [7, 11) is 0. The first-order chi connectivity index (χ1) is 10.1. The van der Waals surface area contributed by atoms with Crippen molar-refractivity contribution in [2.45, 2.75) is 0 Å². The van der Waals surface area contributed by atoms with Crippen molar-refractivity contribution < 1.29 is 0 Å². The van der Waals surface area contributed by atoms with Gasteiger partial charge >= 0.3 is 0 Å². The van der Waals surface area contributed by atoms with E-state index in [-0.39, 0.29) is 11.2 Å². The molecule has 0 bridgehead atoms. The Morgan fingerprint density at radius 2 is 1.90 bits per heavy atom. The molecule has 1 aromatic carbocycles. The van der Waals surface area contributed by atoms with Crippen molar-refractivity contribution in [2.75, 3.05) is 5.32 Å². The molecule has 9 heteroatoms. The van der Waals surface area contributed by atoms with Crippen LogP contribution in [0.1, 0.15) is 0 Å². The quantitative estimate of drug-likeness (QED) is 0.785. The summed E-state index contributed by atoms with van der Waals surface area (Å²) in [5.74, 6) is 0.594. The Labute approximate surface area is 134 Å². The van der Waals surface area contributed by atoms with Gasteiger partial charge < -0.3 is 5.32 Å². The first kappa shape index (κ1) is 14.1. The summed E-state index contributed by atoms with van der Waals surface area (Å²) in [6.07, 6.45) is 4.86. The van der Waals surface area contributed by atoms with Crippen LogP contribution in [0.5, 0.6) is 0 Å². The zero-order chi connectivity index (χ0) is 14.8. The number of benzene rings is 1. The van der Waals surface area contributed by atoms with Crippen molar-refractivity contribution in [2.24, 2.45) is 0 Å². The van der Waals surface area contributed by atoms with Crippen LogP contribution < -0.4 is 5.32 Å². The second kappa shape index (κ2) is 5.85. The van der Waals surface area contributed by atoms with Crippen molar-refractivity contribution >= 4 is 46.4 Å². The Hall–Kier alpha value is -1.89. The molecule has 0 atom stereocenters. The molecule has 3 aromatic rings. The number of hydrogen-bond acceptors (Lipinski definition) is 5. The fraction of sp³-hybridized carbons (Fsp3) is 0. The zero-order valence-electron chi connectivity index (χ0n) is 10.3. The minimum Gasteiger partial charge on any atom is -0.323 e. The Morgan fingerprint density at radius 1 is 1.05 bits per heavy atom. The number of nitrogens with zero attached hydrogens (tertiary/aromatic N) is 5. The molecule has 0 amide bonds. The van der Waals surface area contributed by atoms with Gasteiger partial charge in [-0.2, -0.15) is 15.0 Å². The molecule has 106 valence electrons. The number of nitrogens with one attached hydrogen (secondary N) is 1. The van der Waals surface area contributed by atoms with Gasteiger partial charge in [0.2, 0.25) is 17.2 Å². The van der Waals surface area contributed by atoms with E-state index in [2.05, 4.69) is 25.3 Å². The van der Waals surface area contributed by atoms with E-state index in [1.807, 2.05) is 0 Å². The van der Waals surface area contributed by atoms with Crippen molar-refractivity contribution in [3.05, 3.63) is 52.2 Å². The molecule has 0 spiro atoms. The second-order valence-corrected chi connectivity index (χ2v) is 5.05. The molecule has 0 saturated heterocycles. The van der Waals surface area contributed by atoms with Crippen LogP contribution in [-0.2, 0) is 0 Å². The largest absolute Gasteiger partial charge is 0.323 e. The van der Waals surface area contributed by atoms with Gasteiger partial charge in [-0.05, 0) is 23.7 Å². The van der Waals surface area contributed by atoms with E-state index in [0.29, 0.717) is 21.7 Å². The van der Waals surface area contributed by atoms with Crippen LogP contribution in [-0.4, -0.2) is 24.5 Å². The number of imidazole rings is 1. The van der Waals surface area contributed by atoms with Crippen molar-refractivity contribution in [1.29, 1.82) is 0 Å². The monoisotopic (exact) mass is 340 g/mol. The average Bonchev–Trinajstić information content (AvgIpc) is 2.97. The van der Waals surface area contributed by atoms with Gasteiger partial charge in [-0.25, -0.2) is 4.98 Å². The summed E-state index contributed by atoms with van der Waals surface area (Å²) in [6, 6.07) is 5.20. The van der Waals surface area contributed by atoms with Crippen LogP contribution in [0.3, 0.4) is 0 Å². The van der Waals surface area contributed by atoms with Crippen LogP contribution in [0.4, 0.5) is 11.6 Å². The van der Waals surface area contributed by atoms with E-state index >= 15 is 0 Å². The van der Waals surface area contributed by atoms with Crippen molar-refractivity contribution in [1.82, 2.24) is 24.5 Å². The molecule has 0 aliphatic heterocycles. The lowest BCUT2D eigenvalue weighted by atomic mass is 10.3. The van der Waals surface area contributed by atoms with Crippen LogP contribution in [0.25, 0.3) is 5.95 Å². The maximum atomic E-state index is 6.11. The third kappa shape index (κ3) is 3.07. The summed E-state index contributed by atoms with van der Waals surface area (Å²) < 4.78 is 1.61. The summed E-state index contributed by atoms with van der Waals surface area (Å²) in [5, 5.41) is 3.81. The number of anilines is 2. The lowest BCUT2D eigenvalue weighted by Crippen LogP contribution is -2.05. The predicted molar refractivity (Wildman–Crippen MR) is 81.7 cm³/mol. The average molecular weight is 342 g/mol. The summed E-state index contributed by atoms with van der Waals surface area (Å²) in [5.41, 5.74) is 0.572. The fourth-order valence-electron chi connectivity index (χ4n) is 1.61. The lowest BCUT2D eigenvalue weighted by Gasteiger charge is -2.09. The summed E-state index contributed by atoms with van der Waals surface area (Å²) in [6.45, 7) is 0. The standard InChI is InChI=1S/C12H7Cl3N6/c13-7-2-1-3-8(9(7)14)17-11-18-10(15)19-12(20-11)21-5-4-16-6-21/h1-6H,(H,17,18,19,20). The van der Waals surface area contributed by atoms with Gasteiger partial charge in [-0.1, -0.05) is 29.3 Å². The van der Waals surface area contributed by atoms with E-state index in [0.717, 1.165) is 0 Å². The number of aromatic nitrogens is 5. The molecule has 0 saturated carbocycles. The van der Waals surface area contributed by atoms with Gasteiger partial charge in [0.05, 0.1) is 15.7 Å². The van der Waals surface area contributed by atoms with Crippen LogP contribution in [0, 0.1) is 0 Å². The SMILES string of the molecule is Clc1nc(Nc2cccc(Cl)c2Cl)nc(-n2ccnc2)n1. The van der Waals surface area contributed by atoms with Crippen LogP contribution >= 0.6 is 34.8 Å². The summed E-state index contributed by atoms with van der Waals surface area (Å²) >= 11 is 18.0. The molecular weight excluding hydrogens is 335 g/mol. The Morgan fingerprint density at radius 3 is 2.67 bits per heavy atom. The van der Waals surface area contributed by atoms with Gasteiger partial charge in [0.1, 0.15) is 6.33 Å². The molecule has 2 aromatic heterocycles. The van der Waals surface area contributed by atoms with Crippen LogP contribution in [0.2, 0.25) is 15.3 Å². The smallest absolute Gasteiger partial charge is 0.241 e. The van der Waals surface area contributed by atoms with Gasteiger partial charge in [-0.3, -0.25) is 4.57 Å². The highest BCUT2D eigenvalue weighted by atomic mass is 35.5. The molecule has 0 unspecified atom stereocenters. The second-order valence-electron chi connectivity index (χ2n) is 3.92. The number of rotatable bonds is 3. The molecular formula is C12H7Cl3N6. The third-order valence-electron chi connectivity index (χ3n) is 2.53. The summed E-state index contributed by atoms with van der Waals surface area (Å²) in [4.78, 5) is 16.2. The van der Waals surface area contributed by atoms with E-state index in [9.17, 15) is 0 Å². The Kier molecular flexibility index (Phi) is 3.92. The van der Waals surface area contributed by atoms with Crippen molar-refractivity contribution in [3.8, 4) is 5.95 Å². The zero-order valence-corrected chi connectivity index (χ0v) is 12.6. The number of halogens is 3. The molecule has 0 fully saturated rings. The topological polar surface area (TPSA) is 68.5 Å². The maximum absolute atomic E-state index is 6.11. The van der Waals surface area contributed by atoms with Gasteiger partial charge in [0.15, 0.2) is 0 Å². The number of hydrogen-bond donors (Lipinski definition) is 1. The van der Waals surface area contributed by atoms with E-state index < -0.39 is 0 Å². The molecule has 3 rings (SSSR count). The highest BCUT2D eigenvalue weighted by Gasteiger charge is 2.10. The molecule has 2 heterocycles. The minimum atomic E-state index is 0.0503. The van der Waals surface area contributed by atoms with Gasteiger partial charge in [0.25, 0.3) is 0 Å². The third-order valence-corrected chi connectivity index (χ3v) is 3.52. The molecule has 0 aliphatic carbocycles. The lowest BCUT2D eigenvalue weighted by molar-refractivity contribution is 0.899. The molecule has 21 heavy (non-hydrogen) atoms. The molecule has 1 N–H and O–H groups in total. The maximum Gasteiger partial charge on any atom is 0.241 e. The first-order valence-corrected chi connectivity index (χ1v) is 6.88. The normalized spacial score (nSPS) is 10.6. The van der Waals surface area contributed by atoms with E-state index in [1.54, 1.807) is 41.5 Å². The molecule has 6 nitrogen and oxygen atoms in total. The van der Waals surface area contributed by atoms with E-state index in [4.69, 9.17) is 34.8 Å². The molecule has 0 radical (unpaired) electrons. The van der Waals surface area contributed by atoms with E-state index in [1.165, 1.54) is 0 Å². The van der Waals surface area contributed by atoms with Gasteiger partial charge in [0, 0.05) is 12.4 Å². The molecule has 0 aliphatic rings. The van der Waals surface area contributed by atoms with Crippen LogP contribution in [0.15, 0.2) is 36.9 Å². The fourth-order valence-corrected chi connectivity index (χ4v) is 2.11. The van der Waals surface area contributed by atoms with Crippen molar-refractivity contribution in [3.63, 3.8) is 0 Å². The predicted octanol–water partition coefficient (Wildman–Crippen LogP) is 3.76. The highest BCUT2D eigenvalue weighted by molar-refractivity contribution is 6.43. The minimum absolute atomic E-state index is 0.0503. The Bertz CT molecular complexity index is 775. The highest BCUT2D eigenvalue weighted by Crippen LogP contribution is 2.31.